The summed E-state index contributed by atoms with van der Waals surface area (Å²) >= 11 is 0. The fraction of sp³-hybridized carbons (Fsp3) is 0.231. The predicted octanol–water partition coefficient (Wildman–Crippen LogP) is 3.27. The largest absolute Gasteiger partial charge is 0.461 e. The van der Waals surface area contributed by atoms with Gasteiger partial charge in [-0.1, -0.05) is 18.2 Å². The summed E-state index contributed by atoms with van der Waals surface area (Å²) in [6.45, 7) is 1.81. The zero-order valence-corrected chi connectivity index (χ0v) is 10.5. The molecule has 0 saturated heterocycles. The van der Waals surface area contributed by atoms with E-state index in [1.165, 1.54) is 24.3 Å². The minimum absolute atomic E-state index is 0.0128. The van der Waals surface area contributed by atoms with Crippen LogP contribution in [0, 0.1) is 0 Å². The fourth-order valence-electron chi connectivity index (χ4n) is 1.73. The molecule has 1 N–H and O–H groups in total. The molecule has 0 bridgehead atoms. The molecule has 4 nitrogen and oxygen atoms in total. The van der Waals surface area contributed by atoms with Gasteiger partial charge in [0.15, 0.2) is 0 Å². The van der Waals surface area contributed by atoms with Crippen LogP contribution in [0.2, 0.25) is 0 Å². The summed E-state index contributed by atoms with van der Waals surface area (Å²) in [5.41, 5.74) is -0.839. The Morgan fingerprint density at radius 1 is 1.35 bits per heavy atom. The maximum absolute atomic E-state index is 12.9. The quantitative estimate of drug-likeness (QED) is 0.880. The van der Waals surface area contributed by atoms with Crippen molar-refractivity contribution in [3.63, 3.8) is 0 Å². The van der Waals surface area contributed by atoms with E-state index in [2.05, 4.69) is 10.2 Å². The highest BCUT2D eigenvalue weighted by Gasteiger charge is 2.34. The summed E-state index contributed by atoms with van der Waals surface area (Å²) in [5, 5.41) is 6.11. The number of benzene rings is 1. The third kappa shape index (κ3) is 2.81. The van der Waals surface area contributed by atoms with E-state index < -0.39 is 17.7 Å². The number of nitrogens with zero attached hydrogens (tertiary/aromatic N) is 1. The minimum atomic E-state index is -4.49. The van der Waals surface area contributed by atoms with Crippen LogP contribution < -0.4 is 0 Å². The first-order valence-corrected chi connectivity index (χ1v) is 5.82. The maximum atomic E-state index is 12.9. The van der Waals surface area contributed by atoms with Crippen molar-refractivity contribution < 1.29 is 22.7 Å². The number of ether oxygens (including phenoxy) is 1. The number of aromatic nitrogens is 2. The molecule has 1 aromatic carbocycles. The van der Waals surface area contributed by atoms with Gasteiger partial charge in [-0.25, -0.2) is 4.79 Å². The van der Waals surface area contributed by atoms with Crippen LogP contribution in [0.15, 0.2) is 30.3 Å². The summed E-state index contributed by atoms with van der Waals surface area (Å²) < 4.78 is 43.4. The number of alkyl halides is 3. The Morgan fingerprint density at radius 2 is 2.05 bits per heavy atom. The van der Waals surface area contributed by atoms with Crippen molar-refractivity contribution >= 4 is 5.97 Å². The lowest BCUT2D eigenvalue weighted by atomic mass is 10.0. The average Bonchev–Trinajstić information content (AvgIpc) is 2.87. The number of H-pyrrole nitrogens is 1. The number of aromatic amines is 1. The monoisotopic (exact) mass is 284 g/mol. The van der Waals surface area contributed by atoms with Gasteiger partial charge in [0.05, 0.1) is 17.9 Å². The molecule has 106 valence electrons. The highest BCUT2D eigenvalue weighted by Crippen LogP contribution is 2.36. The van der Waals surface area contributed by atoms with E-state index in [1.54, 1.807) is 6.92 Å². The first-order valence-electron chi connectivity index (χ1n) is 5.82. The second kappa shape index (κ2) is 5.36. The van der Waals surface area contributed by atoms with Crippen LogP contribution in [-0.2, 0) is 10.9 Å². The molecule has 0 radical (unpaired) electrons. The van der Waals surface area contributed by atoms with E-state index in [9.17, 15) is 18.0 Å². The van der Waals surface area contributed by atoms with Gasteiger partial charge in [0, 0.05) is 5.56 Å². The summed E-state index contributed by atoms with van der Waals surface area (Å²) in [5.74, 6) is -0.657. The van der Waals surface area contributed by atoms with Crippen molar-refractivity contribution in [2.24, 2.45) is 0 Å². The second-order valence-corrected chi connectivity index (χ2v) is 3.93. The van der Waals surface area contributed by atoms with E-state index >= 15 is 0 Å². The number of hydrogen-bond acceptors (Lipinski definition) is 3. The van der Waals surface area contributed by atoms with Gasteiger partial charge in [-0.2, -0.15) is 18.3 Å². The molecule has 7 heteroatoms. The lowest BCUT2D eigenvalue weighted by Gasteiger charge is -2.10. The molecule has 2 aromatic rings. The summed E-state index contributed by atoms with van der Waals surface area (Å²) in [7, 11) is 0. The third-order valence-electron chi connectivity index (χ3n) is 2.58. The number of halogens is 3. The number of carbonyl (C=O) groups is 1. The molecule has 2 rings (SSSR count). The molecule has 0 unspecified atom stereocenters. The number of nitrogens with one attached hydrogen (secondary N) is 1. The maximum Gasteiger partial charge on any atom is 0.417 e. The third-order valence-corrected chi connectivity index (χ3v) is 2.58. The molecule has 20 heavy (non-hydrogen) atoms. The average molecular weight is 284 g/mol. The normalized spacial score (nSPS) is 11.4. The van der Waals surface area contributed by atoms with Crippen LogP contribution in [0.3, 0.4) is 0 Å². The van der Waals surface area contributed by atoms with Gasteiger partial charge in [0.1, 0.15) is 5.69 Å². The topological polar surface area (TPSA) is 55.0 Å². The van der Waals surface area contributed by atoms with Gasteiger partial charge in [-0.3, -0.25) is 5.10 Å². The van der Waals surface area contributed by atoms with Gasteiger partial charge in [0.2, 0.25) is 0 Å². The Labute approximate surface area is 112 Å². The lowest BCUT2D eigenvalue weighted by molar-refractivity contribution is -0.137. The molecule has 0 amide bonds. The van der Waals surface area contributed by atoms with E-state index in [0.29, 0.717) is 0 Å². The molecule has 0 saturated carbocycles. The van der Waals surface area contributed by atoms with Gasteiger partial charge >= 0.3 is 12.1 Å². The lowest BCUT2D eigenvalue weighted by Crippen LogP contribution is -2.06. The number of esters is 1. The van der Waals surface area contributed by atoms with Gasteiger partial charge in [-0.15, -0.1) is 0 Å². The van der Waals surface area contributed by atoms with Gasteiger partial charge in [-0.05, 0) is 19.1 Å². The Morgan fingerprint density at radius 3 is 2.70 bits per heavy atom. The molecule has 0 aliphatic rings. The molecular formula is C13H11F3N2O2. The summed E-state index contributed by atoms with van der Waals surface area (Å²) in [4.78, 5) is 11.5. The Kier molecular flexibility index (Phi) is 3.78. The summed E-state index contributed by atoms with van der Waals surface area (Å²) in [6, 6.07) is 6.28. The Hall–Kier alpha value is -2.31. The van der Waals surface area contributed by atoms with Crippen molar-refractivity contribution in [3.05, 3.63) is 41.6 Å². The highest BCUT2D eigenvalue weighted by atomic mass is 19.4. The second-order valence-electron chi connectivity index (χ2n) is 3.93. The van der Waals surface area contributed by atoms with Crippen molar-refractivity contribution in [1.29, 1.82) is 0 Å². The van der Waals surface area contributed by atoms with Crippen LogP contribution in [-0.4, -0.2) is 22.8 Å². The molecule has 0 fully saturated rings. The zero-order chi connectivity index (χ0) is 14.8. The number of carbonyl (C=O) groups excluding carboxylic acids is 1. The van der Waals surface area contributed by atoms with Crippen LogP contribution in [0.25, 0.3) is 11.3 Å². The minimum Gasteiger partial charge on any atom is -0.461 e. The smallest absolute Gasteiger partial charge is 0.417 e. The van der Waals surface area contributed by atoms with Crippen LogP contribution in [0.5, 0.6) is 0 Å². The zero-order valence-electron chi connectivity index (χ0n) is 10.5. The highest BCUT2D eigenvalue weighted by molar-refractivity contribution is 5.88. The predicted molar refractivity (Wildman–Crippen MR) is 65.0 cm³/mol. The standard InChI is InChI=1S/C13H11F3N2O2/c1-2-20-12(19)11-7-10(17-18-11)8-5-3-4-6-9(8)13(14,15)16/h3-7H,2H2,1H3,(H,17,18). The molecular weight excluding hydrogens is 273 g/mol. The fourth-order valence-corrected chi connectivity index (χ4v) is 1.73. The first-order chi connectivity index (χ1) is 9.43. The summed E-state index contributed by atoms with van der Waals surface area (Å²) in [6.07, 6.45) is -4.49. The van der Waals surface area contributed by atoms with Crippen molar-refractivity contribution in [2.75, 3.05) is 6.61 Å². The molecule has 0 spiro atoms. The van der Waals surface area contributed by atoms with Crippen molar-refractivity contribution in [1.82, 2.24) is 10.2 Å². The van der Waals surface area contributed by atoms with Crippen molar-refractivity contribution in [2.45, 2.75) is 13.1 Å². The van der Waals surface area contributed by atoms with E-state index in [1.807, 2.05) is 0 Å². The SMILES string of the molecule is CCOC(=O)c1cc(-c2ccccc2C(F)(F)F)n[nH]1. The molecule has 0 aliphatic carbocycles. The molecule has 0 atom stereocenters. The number of rotatable bonds is 3. The molecule has 0 aliphatic heterocycles. The Balaban J connectivity index is 2.41. The number of hydrogen-bond donors (Lipinski definition) is 1. The van der Waals surface area contributed by atoms with E-state index in [-0.39, 0.29) is 23.6 Å². The van der Waals surface area contributed by atoms with Crippen molar-refractivity contribution in [3.8, 4) is 11.3 Å². The van der Waals surface area contributed by atoms with Gasteiger partial charge < -0.3 is 4.74 Å². The first kappa shape index (κ1) is 14.1. The van der Waals surface area contributed by atoms with E-state index in [0.717, 1.165) is 6.07 Å². The van der Waals surface area contributed by atoms with Crippen LogP contribution in [0.1, 0.15) is 23.0 Å². The Bertz CT molecular complexity index is 620. The van der Waals surface area contributed by atoms with Crippen LogP contribution in [0.4, 0.5) is 13.2 Å². The molecule has 1 heterocycles. The van der Waals surface area contributed by atoms with Crippen LogP contribution >= 0.6 is 0 Å². The van der Waals surface area contributed by atoms with E-state index in [4.69, 9.17) is 4.74 Å². The molecule has 1 aromatic heterocycles. The van der Waals surface area contributed by atoms with Gasteiger partial charge in [0.25, 0.3) is 0 Å².